The molecule has 7 heteroatoms. The lowest BCUT2D eigenvalue weighted by atomic mass is 10.00. The molecular formula is C36H32N4O2S. The maximum absolute atomic E-state index is 14.0. The number of amides is 1. The average molecular weight is 585 g/mol. The largest absolute Gasteiger partial charge is 0.494 e. The molecule has 0 atom stereocenters. The maximum atomic E-state index is 14.0. The van der Waals surface area contributed by atoms with E-state index in [1.165, 1.54) is 10.6 Å². The normalized spacial score (nSPS) is 13.9. The topological polar surface area (TPSA) is 59.7 Å². The Kier molecular flexibility index (Phi) is 8.24. The molecule has 4 aromatic carbocycles. The molecule has 43 heavy (non-hydrogen) atoms. The second-order valence-electron chi connectivity index (χ2n) is 10.3. The van der Waals surface area contributed by atoms with Gasteiger partial charge in [0.25, 0.3) is 5.91 Å². The van der Waals surface area contributed by atoms with E-state index in [0.29, 0.717) is 17.9 Å². The lowest BCUT2D eigenvalue weighted by Gasteiger charge is -2.11. The van der Waals surface area contributed by atoms with Gasteiger partial charge in [0.1, 0.15) is 11.4 Å². The van der Waals surface area contributed by atoms with Crippen LogP contribution in [0.5, 0.6) is 5.75 Å². The highest BCUT2D eigenvalue weighted by atomic mass is 32.2. The van der Waals surface area contributed by atoms with Crippen LogP contribution < -0.4 is 9.75 Å². The number of benzene rings is 4. The number of thioether (sulfide) groups is 1. The molecule has 1 aromatic heterocycles. The molecule has 1 amide bonds. The van der Waals surface area contributed by atoms with Gasteiger partial charge >= 0.3 is 0 Å². The molecule has 0 bridgehead atoms. The highest BCUT2D eigenvalue weighted by molar-refractivity contribution is 8.00. The van der Waals surface area contributed by atoms with Gasteiger partial charge in [-0.05, 0) is 87.0 Å². The summed E-state index contributed by atoms with van der Waals surface area (Å²) in [5.41, 5.74) is 7.79. The number of carbonyl (C=O) groups excluding carboxylic acids is 1. The molecule has 214 valence electrons. The van der Waals surface area contributed by atoms with E-state index in [2.05, 4.69) is 38.1 Å². The van der Waals surface area contributed by atoms with E-state index in [1.807, 2.05) is 103 Å². The Morgan fingerprint density at radius 1 is 0.860 bits per heavy atom. The number of rotatable bonds is 9. The van der Waals surface area contributed by atoms with Gasteiger partial charge in [-0.15, -0.1) is 11.8 Å². The van der Waals surface area contributed by atoms with Crippen LogP contribution in [0.15, 0.2) is 125 Å². The van der Waals surface area contributed by atoms with Crippen molar-refractivity contribution in [3.63, 3.8) is 0 Å². The zero-order chi connectivity index (χ0) is 29.8. The summed E-state index contributed by atoms with van der Waals surface area (Å²) in [6.45, 7) is 6.70. The second kappa shape index (κ2) is 12.5. The Labute approximate surface area is 256 Å². The van der Waals surface area contributed by atoms with Gasteiger partial charge in [0.15, 0.2) is 0 Å². The van der Waals surface area contributed by atoms with Crippen molar-refractivity contribution in [2.24, 2.45) is 5.10 Å². The minimum Gasteiger partial charge on any atom is -0.494 e. The number of aryl methyl sites for hydroxylation is 2. The third-order valence-electron chi connectivity index (χ3n) is 7.18. The Bertz CT molecular complexity index is 1810. The summed E-state index contributed by atoms with van der Waals surface area (Å²) in [5.74, 6) is 1.21. The fourth-order valence-corrected chi connectivity index (χ4v) is 5.81. The van der Waals surface area contributed by atoms with Gasteiger partial charge in [0.05, 0.1) is 29.3 Å². The van der Waals surface area contributed by atoms with Gasteiger partial charge in [-0.3, -0.25) is 4.79 Å². The molecule has 0 unspecified atom stereocenters. The van der Waals surface area contributed by atoms with Crippen molar-refractivity contribution in [1.29, 1.82) is 0 Å². The lowest BCUT2D eigenvalue weighted by Crippen LogP contribution is -2.21. The summed E-state index contributed by atoms with van der Waals surface area (Å²) >= 11 is 1.67. The predicted molar refractivity (Wildman–Crippen MR) is 176 cm³/mol. The van der Waals surface area contributed by atoms with Crippen molar-refractivity contribution in [3.8, 4) is 22.7 Å². The second-order valence-corrected chi connectivity index (χ2v) is 11.3. The summed E-state index contributed by atoms with van der Waals surface area (Å²) in [4.78, 5) is 15.1. The summed E-state index contributed by atoms with van der Waals surface area (Å²) in [6.07, 6.45) is 3.92. The van der Waals surface area contributed by atoms with Crippen LogP contribution in [0, 0.1) is 13.8 Å². The quantitative estimate of drug-likeness (QED) is 0.130. The lowest BCUT2D eigenvalue weighted by molar-refractivity contribution is -0.114. The molecule has 1 aliphatic rings. The van der Waals surface area contributed by atoms with Gasteiger partial charge in [-0.2, -0.15) is 15.2 Å². The summed E-state index contributed by atoms with van der Waals surface area (Å²) in [6, 6.07) is 34.0. The third-order valence-corrected chi connectivity index (χ3v) is 8.20. The molecule has 6 rings (SSSR count). The van der Waals surface area contributed by atoms with Crippen LogP contribution in [0.1, 0.15) is 23.6 Å². The molecule has 0 fully saturated rings. The van der Waals surface area contributed by atoms with E-state index in [0.717, 1.165) is 50.1 Å². The van der Waals surface area contributed by atoms with Gasteiger partial charge in [-0.1, -0.05) is 54.1 Å². The molecule has 5 aromatic rings. The Balaban J connectivity index is 1.44. The Morgan fingerprint density at radius 2 is 1.56 bits per heavy atom. The van der Waals surface area contributed by atoms with Crippen molar-refractivity contribution in [1.82, 2.24) is 9.78 Å². The fraction of sp³-hybridized carbons (Fsp3) is 0.139. The third kappa shape index (κ3) is 6.17. The van der Waals surface area contributed by atoms with Crippen LogP contribution in [0.4, 0.5) is 5.69 Å². The zero-order valence-electron chi connectivity index (χ0n) is 24.4. The molecular weight excluding hydrogens is 552 g/mol. The van der Waals surface area contributed by atoms with Gasteiger partial charge in [0, 0.05) is 28.0 Å². The zero-order valence-corrected chi connectivity index (χ0v) is 25.2. The van der Waals surface area contributed by atoms with Crippen LogP contribution in [-0.4, -0.2) is 33.8 Å². The summed E-state index contributed by atoms with van der Waals surface area (Å²) in [5, 5.41) is 11.4. The number of hydrazone groups is 1. The van der Waals surface area contributed by atoms with Crippen LogP contribution in [0.2, 0.25) is 0 Å². The number of hydrogen-bond acceptors (Lipinski definition) is 5. The maximum Gasteiger partial charge on any atom is 0.280 e. The molecule has 1 aliphatic heterocycles. The minimum atomic E-state index is -0.160. The Morgan fingerprint density at radius 3 is 2.23 bits per heavy atom. The molecule has 0 saturated heterocycles. The van der Waals surface area contributed by atoms with E-state index < -0.39 is 0 Å². The van der Waals surface area contributed by atoms with Crippen LogP contribution in [0.3, 0.4) is 0 Å². The molecule has 0 aliphatic carbocycles. The first kappa shape index (κ1) is 28.2. The number of carbonyl (C=O) groups is 1. The van der Waals surface area contributed by atoms with Crippen molar-refractivity contribution >= 4 is 35.1 Å². The highest BCUT2D eigenvalue weighted by Crippen LogP contribution is 2.33. The number of para-hydroxylation sites is 2. The summed E-state index contributed by atoms with van der Waals surface area (Å²) in [7, 11) is 0. The van der Waals surface area contributed by atoms with Crippen molar-refractivity contribution < 1.29 is 9.53 Å². The van der Waals surface area contributed by atoms with Gasteiger partial charge in [-0.25, -0.2) is 4.68 Å². The SMILES string of the molecule is CCOc1ccc(-c2nn(-c3ccccc3)cc2/C=C2/C(=O)N(c3ccccc3)N=C2CSc2ccc(C)cc2)c(C)c1. The number of anilines is 1. The van der Waals surface area contributed by atoms with E-state index in [4.69, 9.17) is 14.9 Å². The first-order valence-corrected chi connectivity index (χ1v) is 15.3. The Hall–Kier alpha value is -4.88. The average Bonchev–Trinajstić information content (AvgIpc) is 3.59. The fourth-order valence-electron chi connectivity index (χ4n) is 4.97. The van der Waals surface area contributed by atoms with E-state index in [9.17, 15) is 4.79 Å². The minimum absolute atomic E-state index is 0.160. The molecule has 0 N–H and O–H groups in total. The van der Waals surface area contributed by atoms with Crippen molar-refractivity contribution in [2.45, 2.75) is 25.7 Å². The first-order valence-electron chi connectivity index (χ1n) is 14.3. The monoisotopic (exact) mass is 584 g/mol. The summed E-state index contributed by atoms with van der Waals surface area (Å²) < 4.78 is 7.60. The highest BCUT2D eigenvalue weighted by Gasteiger charge is 2.32. The van der Waals surface area contributed by atoms with Crippen molar-refractivity contribution in [3.05, 3.63) is 132 Å². The predicted octanol–water partition coefficient (Wildman–Crippen LogP) is 8.13. The number of aromatic nitrogens is 2. The molecule has 0 spiro atoms. The molecule has 6 nitrogen and oxygen atoms in total. The van der Waals surface area contributed by atoms with Gasteiger partial charge in [0.2, 0.25) is 0 Å². The standard InChI is InChI=1S/C36H32N4O2S/c1-4-42-30-17-20-32(26(3)21-30)35-27(23-39(38-35)28-11-7-5-8-12-28)22-33-34(24-43-31-18-15-25(2)16-19-31)37-40(36(33)41)29-13-9-6-10-14-29/h5-23H,4,24H2,1-3H3/b33-22+. The first-order chi connectivity index (χ1) is 21.0. The van der Waals surface area contributed by atoms with Crippen LogP contribution in [-0.2, 0) is 4.79 Å². The molecule has 0 radical (unpaired) electrons. The van der Waals surface area contributed by atoms with Crippen LogP contribution >= 0.6 is 11.8 Å². The van der Waals surface area contributed by atoms with Crippen molar-refractivity contribution in [2.75, 3.05) is 17.4 Å². The van der Waals surface area contributed by atoms with E-state index in [1.54, 1.807) is 11.8 Å². The molecule has 0 saturated carbocycles. The number of ether oxygens (including phenoxy) is 1. The van der Waals surface area contributed by atoms with E-state index >= 15 is 0 Å². The van der Waals surface area contributed by atoms with Crippen LogP contribution in [0.25, 0.3) is 23.0 Å². The molecule has 2 heterocycles. The number of hydrogen-bond donors (Lipinski definition) is 0. The van der Waals surface area contributed by atoms with Gasteiger partial charge < -0.3 is 4.74 Å². The number of nitrogens with zero attached hydrogens (tertiary/aromatic N) is 4. The van der Waals surface area contributed by atoms with E-state index in [-0.39, 0.29) is 5.91 Å². The smallest absolute Gasteiger partial charge is 0.280 e.